The molecule has 0 aliphatic heterocycles. The molecule has 0 radical (unpaired) electrons. The lowest BCUT2D eigenvalue weighted by Crippen LogP contribution is -2.16. The van der Waals surface area contributed by atoms with Gasteiger partial charge in [-0.2, -0.15) is 0 Å². The van der Waals surface area contributed by atoms with Crippen molar-refractivity contribution in [3.8, 4) is 23.0 Å². The first-order valence-electron chi connectivity index (χ1n) is 24.6. The number of benzene rings is 4. The summed E-state index contributed by atoms with van der Waals surface area (Å²) in [4.78, 5) is 18.9. The topological polar surface area (TPSA) is 151 Å². The van der Waals surface area contributed by atoms with Crippen molar-refractivity contribution in [2.45, 2.75) is 209 Å². The van der Waals surface area contributed by atoms with Crippen LogP contribution in [0.25, 0.3) is 0 Å². The number of hydrogen-bond acceptors (Lipinski definition) is 8. The highest BCUT2D eigenvalue weighted by Crippen LogP contribution is 2.46. The zero-order chi connectivity index (χ0) is 51.4. The standard InChI is InChI=1S/C26H39O4P.C26H38O2.C6H14O2/c1-10-11-18(19-14-21(25(4,5)6)23(27)12-16(19)2)20-15-22(26(7,8)9)24(13-17(20)3)30-31(28)29;1-10-11-18(19-14-21(25(4,5)6)23(27)12-16(19)2)20-15-22(26(7,8)9)24(28)13-17(20)3;7-5-3-1-2-4-6-8/h12-15,18,27-29H,10-11H2,1-9H3;12-15,18,27-28H,10-11H2,1-9H3;7-8H,1-6H2. The van der Waals surface area contributed by atoms with Gasteiger partial charge in [0.05, 0.1) is 0 Å². The van der Waals surface area contributed by atoms with Crippen LogP contribution in [0.5, 0.6) is 23.0 Å². The SMILES string of the molecule is CCCC(c1cc(C(C)(C)C)c(O)cc1C)c1cc(C(C)(C)C)c(O)cc1C.CCCC(c1cc(C(C)(C)C)c(O)cc1C)c1cc(C(C)(C)C)c(OP(O)O)cc1C.OCCCCCCO. The second-order valence-corrected chi connectivity index (χ2v) is 23.5. The van der Waals surface area contributed by atoms with E-state index in [1.807, 2.05) is 24.3 Å². The lowest BCUT2D eigenvalue weighted by Gasteiger charge is -2.29. The highest BCUT2D eigenvalue weighted by molar-refractivity contribution is 7.39. The van der Waals surface area contributed by atoms with Gasteiger partial charge < -0.3 is 39.8 Å². The maximum Gasteiger partial charge on any atom is 0.391 e. The third-order valence-corrected chi connectivity index (χ3v) is 13.0. The van der Waals surface area contributed by atoms with Crippen LogP contribution in [0, 0.1) is 27.7 Å². The van der Waals surface area contributed by atoms with Crippen molar-refractivity contribution >= 4 is 8.60 Å². The second kappa shape index (κ2) is 25.3. The van der Waals surface area contributed by atoms with E-state index in [4.69, 9.17) is 14.7 Å². The molecule has 8 nitrogen and oxygen atoms in total. The molecule has 4 aromatic carbocycles. The normalized spacial score (nSPS) is 12.7. The largest absolute Gasteiger partial charge is 0.508 e. The molecule has 1 atom stereocenters. The van der Waals surface area contributed by atoms with Gasteiger partial charge in [0.2, 0.25) is 0 Å². The molecule has 4 rings (SSSR count). The molecule has 7 N–H and O–H groups in total. The van der Waals surface area contributed by atoms with Crippen molar-refractivity contribution in [1.29, 1.82) is 0 Å². The fourth-order valence-corrected chi connectivity index (χ4v) is 9.32. The van der Waals surface area contributed by atoms with Gasteiger partial charge in [0, 0.05) is 30.6 Å². The van der Waals surface area contributed by atoms with E-state index < -0.39 is 8.60 Å². The van der Waals surface area contributed by atoms with E-state index in [9.17, 15) is 25.1 Å². The first-order valence-corrected chi connectivity index (χ1v) is 25.8. The predicted molar refractivity (Wildman–Crippen MR) is 283 cm³/mol. The molecule has 0 saturated carbocycles. The zero-order valence-corrected chi connectivity index (χ0v) is 45.7. The molecule has 67 heavy (non-hydrogen) atoms. The fraction of sp³-hybridized carbons (Fsp3) is 0.586. The zero-order valence-electron chi connectivity index (χ0n) is 44.8. The maximum absolute atomic E-state index is 10.6. The number of aliphatic hydroxyl groups excluding tert-OH is 2. The predicted octanol–water partition coefficient (Wildman–Crippen LogP) is 14.9. The number of aromatic hydroxyl groups is 3. The number of rotatable bonds is 15. The summed E-state index contributed by atoms with van der Waals surface area (Å²) in [5.41, 5.74) is 12.6. The van der Waals surface area contributed by atoms with Gasteiger partial charge in [-0.3, -0.25) is 0 Å². The van der Waals surface area contributed by atoms with Crippen molar-refractivity contribution < 1.29 is 39.8 Å². The summed E-state index contributed by atoms with van der Waals surface area (Å²) in [5.74, 6) is 2.04. The van der Waals surface area contributed by atoms with E-state index in [0.29, 0.717) is 23.0 Å². The van der Waals surface area contributed by atoms with Gasteiger partial charge in [0.1, 0.15) is 23.0 Å². The Morgan fingerprint density at radius 3 is 0.940 bits per heavy atom. The minimum atomic E-state index is -2.48. The smallest absolute Gasteiger partial charge is 0.391 e. The van der Waals surface area contributed by atoms with Crippen molar-refractivity contribution in [1.82, 2.24) is 0 Å². The maximum atomic E-state index is 10.6. The van der Waals surface area contributed by atoms with Crippen LogP contribution in [0.3, 0.4) is 0 Å². The third kappa shape index (κ3) is 17.1. The molecular weight excluding hydrogens is 856 g/mol. The molecule has 4 aromatic rings. The van der Waals surface area contributed by atoms with Crippen LogP contribution in [0.2, 0.25) is 0 Å². The van der Waals surface area contributed by atoms with Gasteiger partial charge in [-0.15, -0.1) is 0 Å². The van der Waals surface area contributed by atoms with Gasteiger partial charge in [0.25, 0.3) is 0 Å². The monoisotopic (exact) mass is 947 g/mol. The number of aryl methyl sites for hydroxylation is 4. The Morgan fingerprint density at radius 2 is 0.701 bits per heavy atom. The molecule has 0 aliphatic rings. The lowest BCUT2D eigenvalue weighted by atomic mass is 9.76. The molecule has 0 heterocycles. The molecule has 0 saturated heterocycles. The Labute approximate surface area is 407 Å². The number of phenols is 3. The molecule has 376 valence electrons. The molecular formula is C58H91O8P. The van der Waals surface area contributed by atoms with E-state index >= 15 is 0 Å². The molecule has 0 aliphatic carbocycles. The Hall–Kier alpha value is -3.65. The number of aliphatic hydroxyl groups is 2. The minimum Gasteiger partial charge on any atom is -0.508 e. The second-order valence-electron chi connectivity index (χ2n) is 22.8. The van der Waals surface area contributed by atoms with Crippen LogP contribution < -0.4 is 4.52 Å². The van der Waals surface area contributed by atoms with Gasteiger partial charge in [-0.05, 0) is 161 Å². The lowest BCUT2D eigenvalue weighted by molar-refractivity contribution is 0.265. The summed E-state index contributed by atoms with van der Waals surface area (Å²) < 4.78 is 5.40. The van der Waals surface area contributed by atoms with E-state index in [0.717, 1.165) is 95.9 Å². The van der Waals surface area contributed by atoms with Gasteiger partial charge in [-0.1, -0.05) is 147 Å². The Balaban J connectivity index is 0.000000397. The molecule has 0 spiro atoms. The number of phenolic OH excluding ortho intramolecular Hbond substituents is 3. The van der Waals surface area contributed by atoms with Crippen LogP contribution in [0.4, 0.5) is 0 Å². The van der Waals surface area contributed by atoms with Gasteiger partial charge in [-0.25, -0.2) is 0 Å². The first kappa shape index (κ1) is 59.5. The van der Waals surface area contributed by atoms with Crippen molar-refractivity contribution in [2.24, 2.45) is 0 Å². The van der Waals surface area contributed by atoms with Crippen molar-refractivity contribution in [2.75, 3.05) is 13.2 Å². The van der Waals surface area contributed by atoms with Crippen molar-refractivity contribution in [3.05, 3.63) is 115 Å². The van der Waals surface area contributed by atoms with Crippen LogP contribution in [-0.4, -0.2) is 48.5 Å². The van der Waals surface area contributed by atoms with Crippen LogP contribution >= 0.6 is 8.60 Å². The minimum absolute atomic E-state index is 0.121. The molecule has 1 unspecified atom stereocenters. The van der Waals surface area contributed by atoms with Gasteiger partial charge >= 0.3 is 8.60 Å². The van der Waals surface area contributed by atoms with Crippen molar-refractivity contribution in [3.63, 3.8) is 0 Å². The fourth-order valence-electron chi connectivity index (χ4n) is 8.99. The van der Waals surface area contributed by atoms with Gasteiger partial charge in [0.15, 0.2) is 0 Å². The molecule has 9 heteroatoms. The highest BCUT2D eigenvalue weighted by atomic mass is 31.2. The summed E-state index contributed by atoms with van der Waals surface area (Å²) >= 11 is 0. The average Bonchev–Trinajstić information content (AvgIpc) is 3.17. The van der Waals surface area contributed by atoms with E-state index in [-0.39, 0.29) is 46.7 Å². The third-order valence-electron chi connectivity index (χ3n) is 12.7. The Morgan fingerprint density at radius 1 is 0.433 bits per heavy atom. The molecule has 0 amide bonds. The Kier molecular flexibility index (Phi) is 22.4. The van der Waals surface area contributed by atoms with E-state index in [1.165, 1.54) is 22.3 Å². The first-order chi connectivity index (χ1) is 30.8. The molecule has 0 aromatic heterocycles. The average molecular weight is 947 g/mol. The molecule has 0 bridgehead atoms. The summed E-state index contributed by atoms with van der Waals surface area (Å²) in [6, 6.07) is 16.4. The van der Waals surface area contributed by atoms with Crippen LogP contribution in [-0.2, 0) is 21.7 Å². The number of hydrogen-bond donors (Lipinski definition) is 7. The van der Waals surface area contributed by atoms with Crippen LogP contribution in [0.1, 0.15) is 227 Å². The summed E-state index contributed by atoms with van der Waals surface area (Å²) in [6.45, 7) is 38.7. The van der Waals surface area contributed by atoms with E-state index in [1.54, 1.807) is 0 Å². The summed E-state index contributed by atoms with van der Waals surface area (Å²) in [5, 5.41) is 48.3. The molecule has 0 fully saturated rings. The van der Waals surface area contributed by atoms with E-state index in [2.05, 4.69) is 149 Å². The quantitative estimate of drug-likeness (QED) is 0.0460. The number of unbranched alkanes of at least 4 members (excludes halogenated alkanes) is 3. The Bertz CT molecular complexity index is 2100. The van der Waals surface area contributed by atoms with Crippen LogP contribution in [0.15, 0.2) is 48.5 Å². The summed E-state index contributed by atoms with van der Waals surface area (Å²) in [6.07, 6.45) is 7.93. The summed E-state index contributed by atoms with van der Waals surface area (Å²) in [7, 11) is -2.48. The highest BCUT2D eigenvalue weighted by Gasteiger charge is 2.29.